The van der Waals surface area contributed by atoms with Gasteiger partial charge >= 0.3 is 0 Å². The normalized spacial score (nSPS) is 20.7. The molecule has 1 unspecified atom stereocenters. The van der Waals surface area contributed by atoms with Crippen molar-refractivity contribution in [1.82, 2.24) is 4.98 Å². The van der Waals surface area contributed by atoms with Gasteiger partial charge in [-0.1, -0.05) is 41.4 Å². The Kier molecular flexibility index (Phi) is 4.70. The summed E-state index contributed by atoms with van der Waals surface area (Å²) in [6, 6.07) is 8.20. The van der Waals surface area contributed by atoms with E-state index in [9.17, 15) is 0 Å². The van der Waals surface area contributed by atoms with Crippen molar-refractivity contribution in [2.45, 2.75) is 32.6 Å². The molecular formula is C16H18BrN3S. The van der Waals surface area contributed by atoms with Gasteiger partial charge in [-0.2, -0.15) is 5.10 Å². The number of benzene rings is 1. The number of nitrogens with zero attached hydrogens (tertiary/aromatic N) is 2. The second-order valence-corrected chi connectivity index (χ2v) is 7.18. The molecule has 1 aliphatic carbocycles. The van der Waals surface area contributed by atoms with Gasteiger partial charge in [0.25, 0.3) is 0 Å². The lowest BCUT2D eigenvalue weighted by Crippen LogP contribution is -2.17. The molecule has 1 aromatic carbocycles. The summed E-state index contributed by atoms with van der Waals surface area (Å²) in [6.07, 6.45) is 4.94. The van der Waals surface area contributed by atoms with Crippen molar-refractivity contribution in [3.63, 3.8) is 0 Å². The summed E-state index contributed by atoms with van der Waals surface area (Å²) in [4.78, 5) is 4.60. The Labute approximate surface area is 137 Å². The molecule has 2 aromatic rings. The van der Waals surface area contributed by atoms with Crippen molar-refractivity contribution in [3.05, 3.63) is 34.1 Å². The Hall–Kier alpha value is -1.20. The monoisotopic (exact) mass is 363 g/mol. The molecule has 1 aromatic heterocycles. The molecule has 1 heterocycles. The highest BCUT2D eigenvalue weighted by atomic mass is 79.9. The van der Waals surface area contributed by atoms with E-state index < -0.39 is 0 Å². The summed E-state index contributed by atoms with van der Waals surface area (Å²) in [6.45, 7) is 2.26. The molecule has 0 aliphatic heterocycles. The van der Waals surface area contributed by atoms with Crippen LogP contribution in [0.5, 0.6) is 0 Å². The molecular weight excluding hydrogens is 346 g/mol. The largest absolute Gasteiger partial charge is 0.253 e. The highest BCUT2D eigenvalue weighted by Gasteiger charge is 2.15. The standard InChI is InChI=1S/C16H18BrN3S/c1-11-4-2-3-5-14(11)19-20-16-18-15(10-21-16)12-6-8-13(17)9-7-12/h6-11H,2-5H2,1H3,(H,18,20)/b19-14+. The van der Waals surface area contributed by atoms with Crippen LogP contribution >= 0.6 is 27.3 Å². The molecule has 0 saturated heterocycles. The fraction of sp³-hybridized carbons (Fsp3) is 0.375. The van der Waals surface area contributed by atoms with Crippen LogP contribution in [-0.4, -0.2) is 10.7 Å². The van der Waals surface area contributed by atoms with E-state index in [0.717, 1.165) is 27.3 Å². The topological polar surface area (TPSA) is 37.3 Å². The van der Waals surface area contributed by atoms with E-state index in [-0.39, 0.29) is 0 Å². The van der Waals surface area contributed by atoms with E-state index in [2.05, 4.69) is 55.9 Å². The van der Waals surface area contributed by atoms with Gasteiger partial charge in [0.15, 0.2) is 0 Å². The average molecular weight is 364 g/mol. The van der Waals surface area contributed by atoms with Crippen molar-refractivity contribution in [1.29, 1.82) is 0 Å². The molecule has 1 N–H and O–H groups in total. The zero-order valence-corrected chi connectivity index (χ0v) is 14.4. The Morgan fingerprint density at radius 2 is 2.10 bits per heavy atom. The molecule has 1 aliphatic rings. The van der Waals surface area contributed by atoms with Gasteiger partial charge in [-0.05, 0) is 37.3 Å². The minimum Gasteiger partial charge on any atom is -0.253 e. The van der Waals surface area contributed by atoms with Crippen LogP contribution in [0.2, 0.25) is 0 Å². The number of aromatic nitrogens is 1. The molecule has 3 rings (SSSR count). The number of hydrazone groups is 1. The van der Waals surface area contributed by atoms with E-state index >= 15 is 0 Å². The van der Waals surface area contributed by atoms with Gasteiger partial charge in [-0.15, -0.1) is 11.3 Å². The molecule has 0 spiro atoms. The molecule has 3 nitrogen and oxygen atoms in total. The lowest BCUT2D eigenvalue weighted by Gasteiger charge is -2.19. The van der Waals surface area contributed by atoms with E-state index in [0.29, 0.717) is 5.92 Å². The fourth-order valence-corrected chi connectivity index (χ4v) is 3.46. The number of thiazole rings is 1. The van der Waals surface area contributed by atoms with Crippen molar-refractivity contribution in [2.75, 3.05) is 5.43 Å². The number of hydrogen-bond acceptors (Lipinski definition) is 4. The number of rotatable bonds is 3. The zero-order valence-electron chi connectivity index (χ0n) is 12.0. The van der Waals surface area contributed by atoms with Gasteiger partial charge in [-0.25, -0.2) is 4.98 Å². The first-order chi connectivity index (χ1) is 10.2. The Balaban J connectivity index is 1.70. The number of hydrogen-bond donors (Lipinski definition) is 1. The molecule has 1 atom stereocenters. The van der Waals surface area contributed by atoms with E-state index in [1.54, 1.807) is 11.3 Å². The second kappa shape index (κ2) is 6.71. The van der Waals surface area contributed by atoms with Crippen LogP contribution in [0, 0.1) is 5.92 Å². The Morgan fingerprint density at radius 3 is 2.86 bits per heavy atom. The molecule has 0 bridgehead atoms. The van der Waals surface area contributed by atoms with Gasteiger partial charge in [0, 0.05) is 21.1 Å². The van der Waals surface area contributed by atoms with Crippen molar-refractivity contribution < 1.29 is 0 Å². The van der Waals surface area contributed by atoms with E-state index in [4.69, 9.17) is 0 Å². The summed E-state index contributed by atoms with van der Waals surface area (Å²) < 4.78 is 1.08. The number of halogens is 1. The number of nitrogens with one attached hydrogen (secondary N) is 1. The van der Waals surface area contributed by atoms with E-state index in [1.807, 2.05) is 12.1 Å². The predicted octanol–water partition coefficient (Wildman–Crippen LogP) is 5.55. The highest BCUT2D eigenvalue weighted by molar-refractivity contribution is 9.10. The predicted molar refractivity (Wildman–Crippen MR) is 93.9 cm³/mol. The maximum atomic E-state index is 4.60. The van der Waals surface area contributed by atoms with Gasteiger partial charge < -0.3 is 0 Å². The van der Waals surface area contributed by atoms with Crippen LogP contribution in [0.1, 0.15) is 32.6 Å². The Bertz CT molecular complexity index is 633. The molecule has 0 radical (unpaired) electrons. The lowest BCUT2D eigenvalue weighted by molar-refractivity contribution is 0.558. The smallest absolute Gasteiger partial charge is 0.203 e. The van der Waals surface area contributed by atoms with Crippen LogP contribution in [-0.2, 0) is 0 Å². The summed E-state index contributed by atoms with van der Waals surface area (Å²) >= 11 is 5.05. The lowest BCUT2D eigenvalue weighted by atomic mass is 9.89. The van der Waals surface area contributed by atoms with E-state index in [1.165, 1.54) is 25.0 Å². The SMILES string of the molecule is CC1CCCC/C1=N\Nc1nc(-c2ccc(Br)cc2)cs1. The highest BCUT2D eigenvalue weighted by Crippen LogP contribution is 2.27. The summed E-state index contributed by atoms with van der Waals surface area (Å²) in [5.41, 5.74) is 6.53. The number of anilines is 1. The van der Waals surface area contributed by atoms with Gasteiger partial charge in [-0.3, -0.25) is 5.43 Å². The van der Waals surface area contributed by atoms with Gasteiger partial charge in [0.1, 0.15) is 0 Å². The van der Waals surface area contributed by atoms with Crippen molar-refractivity contribution >= 4 is 38.1 Å². The summed E-state index contributed by atoms with van der Waals surface area (Å²) in [7, 11) is 0. The quantitative estimate of drug-likeness (QED) is 0.725. The molecule has 21 heavy (non-hydrogen) atoms. The molecule has 1 fully saturated rings. The molecule has 1 saturated carbocycles. The molecule has 0 amide bonds. The first-order valence-corrected chi connectivity index (χ1v) is 8.93. The Morgan fingerprint density at radius 1 is 1.29 bits per heavy atom. The van der Waals surface area contributed by atoms with Gasteiger partial charge in [0.2, 0.25) is 5.13 Å². The maximum absolute atomic E-state index is 4.60. The fourth-order valence-electron chi connectivity index (χ4n) is 2.53. The second-order valence-electron chi connectivity index (χ2n) is 5.41. The van der Waals surface area contributed by atoms with Crippen LogP contribution < -0.4 is 5.43 Å². The molecule has 110 valence electrons. The minimum absolute atomic E-state index is 0.595. The zero-order chi connectivity index (χ0) is 14.7. The van der Waals surface area contributed by atoms with Crippen molar-refractivity contribution in [2.24, 2.45) is 11.0 Å². The third kappa shape index (κ3) is 3.71. The first-order valence-electron chi connectivity index (χ1n) is 7.26. The van der Waals surface area contributed by atoms with Crippen molar-refractivity contribution in [3.8, 4) is 11.3 Å². The maximum Gasteiger partial charge on any atom is 0.203 e. The van der Waals surface area contributed by atoms with Crippen LogP contribution in [0.4, 0.5) is 5.13 Å². The minimum atomic E-state index is 0.595. The average Bonchev–Trinajstić information content (AvgIpc) is 2.96. The van der Waals surface area contributed by atoms with Crippen LogP contribution in [0.15, 0.2) is 39.2 Å². The van der Waals surface area contributed by atoms with Crippen LogP contribution in [0.25, 0.3) is 11.3 Å². The summed E-state index contributed by atoms with van der Waals surface area (Å²) in [5, 5.41) is 7.49. The third-order valence-corrected chi connectivity index (χ3v) is 5.10. The first kappa shape index (κ1) is 14.7. The van der Waals surface area contributed by atoms with Gasteiger partial charge in [0.05, 0.1) is 5.69 Å². The van der Waals surface area contributed by atoms with Crippen LogP contribution in [0.3, 0.4) is 0 Å². The molecule has 5 heteroatoms. The third-order valence-electron chi connectivity index (χ3n) is 3.83. The summed E-state index contributed by atoms with van der Waals surface area (Å²) in [5.74, 6) is 0.595.